The molecule has 0 saturated carbocycles. The molecule has 2 N–H and O–H groups in total. The molecule has 1 aliphatic rings. The number of primary amides is 1. The Balaban J connectivity index is 2.56. The van der Waals surface area contributed by atoms with E-state index in [1.807, 2.05) is 6.92 Å². The Morgan fingerprint density at radius 1 is 2.00 bits per heavy atom. The van der Waals surface area contributed by atoms with Gasteiger partial charge in [-0.05, 0) is 6.92 Å². The number of nitrogens with zero attached hydrogens (tertiary/aromatic N) is 2. The third kappa shape index (κ3) is 1.10. The summed E-state index contributed by atoms with van der Waals surface area (Å²) in [7, 11) is 0. The lowest BCUT2D eigenvalue weighted by Gasteiger charge is -2.18. The van der Waals surface area contributed by atoms with E-state index in [4.69, 9.17) is 5.73 Å². The maximum Gasteiger partial charge on any atom is 0.242 e. The van der Waals surface area contributed by atoms with Crippen molar-refractivity contribution in [2.24, 2.45) is 10.8 Å². The highest BCUT2D eigenvalue weighted by atomic mass is 16.1. The van der Waals surface area contributed by atoms with E-state index in [-0.39, 0.29) is 11.9 Å². The van der Waals surface area contributed by atoms with Crippen LogP contribution in [0.5, 0.6) is 0 Å². The van der Waals surface area contributed by atoms with Crippen molar-refractivity contribution >= 4 is 12.1 Å². The maximum absolute atomic E-state index is 10.7. The van der Waals surface area contributed by atoms with Crippen LogP contribution < -0.4 is 5.73 Å². The van der Waals surface area contributed by atoms with Gasteiger partial charge in [-0.15, -0.1) is 0 Å². The molecule has 0 fully saturated rings. The molecule has 0 bridgehead atoms. The van der Waals surface area contributed by atoms with Gasteiger partial charge >= 0.3 is 0 Å². The monoisotopic (exact) mass is 141 g/mol. The van der Waals surface area contributed by atoms with E-state index in [1.54, 1.807) is 11.2 Å². The first kappa shape index (κ1) is 7.05. The molecule has 4 nitrogen and oxygen atoms in total. The van der Waals surface area contributed by atoms with Gasteiger partial charge in [0.05, 0.1) is 0 Å². The van der Waals surface area contributed by atoms with Crippen LogP contribution in [0.15, 0.2) is 5.10 Å². The molecular formula is C6H11N3O. The van der Waals surface area contributed by atoms with Crippen LogP contribution >= 0.6 is 0 Å². The van der Waals surface area contributed by atoms with E-state index < -0.39 is 0 Å². The molecule has 0 saturated heterocycles. The molecule has 1 atom stereocenters. The SMILES string of the molecule is CCN1N=CCC1C(N)=O. The Morgan fingerprint density at radius 2 is 2.70 bits per heavy atom. The summed E-state index contributed by atoms with van der Waals surface area (Å²) in [6.45, 7) is 2.68. The van der Waals surface area contributed by atoms with Crippen LogP contribution in [-0.4, -0.2) is 29.7 Å². The fraction of sp³-hybridized carbons (Fsp3) is 0.667. The Hall–Kier alpha value is -1.06. The molecule has 4 heteroatoms. The van der Waals surface area contributed by atoms with Crippen molar-refractivity contribution in [3.8, 4) is 0 Å². The lowest BCUT2D eigenvalue weighted by atomic mass is 10.2. The van der Waals surface area contributed by atoms with Crippen LogP contribution in [0.1, 0.15) is 13.3 Å². The average molecular weight is 141 g/mol. The van der Waals surface area contributed by atoms with E-state index in [0.717, 1.165) is 6.54 Å². The van der Waals surface area contributed by atoms with Gasteiger partial charge in [0.25, 0.3) is 0 Å². The largest absolute Gasteiger partial charge is 0.368 e. The Labute approximate surface area is 59.7 Å². The van der Waals surface area contributed by atoms with Crippen molar-refractivity contribution in [2.45, 2.75) is 19.4 Å². The molecule has 0 aromatic heterocycles. The number of carbonyl (C=O) groups is 1. The minimum absolute atomic E-state index is 0.204. The van der Waals surface area contributed by atoms with E-state index in [2.05, 4.69) is 5.10 Å². The van der Waals surface area contributed by atoms with Gasteiger partial charge in [0.2, 0.25) is 5.91 Å². The first-order valence-electron chi connectivity index (χ1n) is 3.34. The van der Waals surface area contributed by atoms with Crippen molar-refractivity contribution in [3.05, 3.63) is 0 Å². The summed E-state index contributed by atoms with van der Waals surface area (Å²) in [6, 6.07) is -0.204. The van der Waals surface area contributed by atoms with Crippen LogP contribution in [0.2, 0.25) is 0 Å². The third-order valence-corrected chi connectivity index (χ3v) is 1.57. The van der Waals surface area contributed by atoms with Crippen molar-refractivity contribution in [2.75, 3.05) is 6.54 Å². The summed E-state index contributed by atoms with van der Waals surface area (Å²) in [5.74, 6) is -0.292. The molecule has 1 unspecified atom stereocenters. The molecular weight excluding hydrogens is 130 g/mol. The van der Waals surface area contributed by atoms with Crippen LogP contribution in [-0.2, 0) is 4.79 Å². The van der Waals surface area contributed by atoms with Crippen LogP contribution in [0.25, 0.3) is 0 Å². The van der Waals surface area contributed by atoms with Gasteiger partial charge in [0, 0.05) is 19.2 Å². The van der Waals surface area contributed by atoms with Crippen LogP contribution in [0.3, 0.4) is 0 Å². The van der Waals surface area contributed by atoms with Gasteiger partial charge in [-0.2, -0.15) is 5.10 Å². The molecule has 0 aliphatic carbocycles. The normalized spacial score (nSPS) is 23.7. The summed E-state index contributed by atoms with van der Waals surface area (Å²) in [5.41, 5.74) is 5.10. The molecule has 0 radical (unpaired) electrons. The number of hydrogen-bond donors (Lipinski definition) is 1. The molecule has 1 amide bonds. The zero-order valence-electron chi connectivity index (χ0n) is 5.95. The van der Waals surface area contributed by atoms with E-state index in [0.29, 0.717) is 6.42 Å². The van der Waals surface area contributed by atoms with E-state index >= 15 is 0 Å². The lowest BCUT2D eigenvalue weighted by molar-refractivity contribution is -0.122. The quantitative estimate of drug-likeness (QED) is 0.566. The number of amides is 1. The van der Waals surface area contributed by atoms with Crippen LogP contribution in [0.4, 0.5) is 0 Å². The predicted octanol–water partition coefficient (Wildman–Crippen LogP) is -0.448. The average Bonchev–Trinajstić information content (AvgIpc) is 2.33. The van der Waals surface area contributed by atoms with Crippen molar-refractivity contribution in [1.82, 2.24) is 5.01 Å². The van der Waals surface area contributed by atoms with Gasteiger partial charge < -0.3 is 5.73 Å². The number of likely N-dealkylation sites (N-methyl/N-ethyl adjacent to an activating group) is 1. The van der Waals surface area contributed by atoms with E-state index in [9.17, 15) is 4.79 Å². The summed E-state index contributed by atoms with van der Waals surface area (Å²) in [5, 5.41) is 5.66. The Morgan fingerprint density at radius 3 is 3.10 bits per heavy atom. The van der Waals surface area contributed by atoms with Crippen molar-refractivity contribution in [3.63, 3.8) is 0 Å². The molecule has 10 heavy (non-hydrogen) atoms. The summed E-state index contributed by atoms with van der Waals surface area (Å²) in [6.07, 6.45) is 2.38. The summed E-state index contributed by atoms with van der Waals surface area (Å²) < 4.78 is 0. The molecule has 0 spiro atoms. The zero-order valence-corrected chi connectivity index (χ0v) is 5.95. The molecule has 1 aliphatic heterocycles. The Bertz CT molecular complexity index is 166. The van der Waals surface area contributed by atoms with E-state index in [1.165, 1.54) is 0 Å². The second-order valence-corrected chi connectivity index (χ2v) is 2.21. The minimum atomic E-state index is -0.292. The van der Waals surface area contributed by atoms with Gasteiger partial charge in [-0.3, -0.25) is 9.80 Å². The zero-order chi connectivity index (χ0) is 7.56. The smallest absolute Gasteiger partial charge is 0.242 e. The highest BCUT2D eigenvalue weighted by molar-refractivity contribution is 5.84. The topological polar surface area (TPSA) is 58.7 Å². The highest BCUT2D eigenvalue weighted by Crippen LogP contribution is 2.08. The number of hydrogen-bond acceptors (Lipinski definition) is 3. The van der Waals surface area contributed by atoms with Crippen LogP contribution in [0, 0.1) is 0 Å². The number of carbonyl (C=O) groups excluding carboxylic acids is 1. The maximum atomic E-state index is 10.7. The van der Waals surface area contributed by atoms with Gasteiger partial charge in [-0.1, -0.05) is 0 Å². The highest BCUT2D eigenvalue weighted by Gasteiger charge is 2.23. The fourth-order valence-electron chi connectivity index (χ4n) is 1.02. The first-order valence-corrected chi connectivity index (χ1v) is 3.34. The van der Waals surface area contributed by atoms with Gasteiger partial charge in [0.15, 0.2) is 0 Å². The molecule has 56 valence electrons. The standard InChI is InChI=1S/C6H11N3O/c1-2-9-5(6(7)10)3-4-8-9/h4-5H,2-3H2,1H3,(H2,7,10). The summed E-state index contributed by atoms with van der Waals surface area (Å²) >= 11 is 0. The molecule has 0 aromatic carbocycles. The molecule has 1 heterocycles. The molecule has 1 rings (SSSR count). The second kappa shape index (κ2) is 2.68. The molecule has 0 aromatic rings. The van der Waals surface area contributed by atoms with Gasteiger partial charge in [0.1, 0.15) is 6.04 Å². The fourth-order valence-corrected chi connectivity index (χ4v) is 1.02. The number of hydrazone groups is 1. The van der Waals surface area contributed by atoms with Crippen molar-refractivity contribution in [1.29, 1.82) is 0 Å². The number of rotatable bonds is 2. The van der Waals surface area contributed by atoms with Crippen molar-refractivity contribution < 1.29 is 4.79 Å². The predicted molar refractivity (Wildman–Crippen MR) is 38.5 cm³/mol. The Kier molecular flexibility index (Phi) is 1.89. The second-order valence-electron chi connectivity index (χ2n) is 2.21. The van der Waals surface area contributed by atoms with Gasteiger partial charge in [-0.25, -0.2) is 0 Å². The minimum Gasteiger partial charge on any atom is -0.368 e. The summed E-state index contributed by atoms with van der Waals surface area (Å²) in [4.78, 5) is 10.7. The third-order valence-electron chi connectivity index (χ3n) is 1.57. The number of nitrogens with two attached hydrogens (primary N) is 1. The lowest BCUT2D eigenvalue weighted by Crippen LogP contribution is -2.38. The first-order chi connectivity index (χ1) is 4.75.